The van der Waals surface area contributed by atoms with Crippen LogP contribution >= 0.6 is 0 Å². The number of primary amides is 1. The lowest BCUT2D eigenvalue weighted by Crippen LogP contribution is -2.33. The number of hydrogen-bond acceptors (Lipinski definition) is 4. The maximum absolute atomic E-state index is 10.5. The quantitative estimate of drug-likeness (QED) is 0.474. The molecule has 0 saturated carbocycles. The van der Waals surface area contributed by atoms with Crippen molar-refractivity contribution in [3.63, 3.8) is 0 Å². The Morgan fingerprint density at radius 1 is 1.28 bits per heavy atom. The minimum absolute atomic E-state index is 0.452. The average molecular weight is 245 g/mol. The number of hydrogen-bond donors (Lipinski definition) is 4. The topological polar surface area (TPSA) is 106 Å². The number of nitrogens with zero attached hydrogens (tertiary/aromatic N) is 1. The largest absolute Gasteiger partial charge is 0.398 e. The smallest absolute Gasteiger partial charge is 0.312 e. The van der Waals surface area contributed by atoms with E-state index in [0.717, 1.165) is 16.6 Å². The molecule has 94 valence electrons. The van der Waals surface area contributed by atoms with Crippen molar-refractivity contribution in [3.8, 4) is 0 Å². The number of amides is 2. The summed E-state index contributed by atoms with van der Waals surface area (Å²) in [5.74, 6) is 0. The van der Waals surface area contributed by atoms with Gasteiger partial charge in [0, 0.05) is 30.4 Å². The first kappa shape index (κ1) is 12.0. The van der Waals surface area contributed by atoms with E-state index < -0.39 is 6.03 Å². The van der Waals surface area contributed by atoms with Gasteiger partial charge in [0.05, 0.1) is 11.2 Å². The third-order valence-corrected chi connectivity index (χ3v) is 2.54. The van der Waals surface area contributed by atoms with Crippen LogP contribution < -0.4 is 22.1 Å². The lowest BCUT2D eigenvalue weighted by molar-refractivity contribution is 0.249. The van der Waals surface area contributed by atoms with Gasteiger partial charge >= 0.3 is 6.03 Å². The summed E-state index contributed by atoms with van der Waals surface area (Å²) in [6.45, 7) is 1.02. The molecule has 0 fully saturated rings. The Balaban J connectivity index is 2.14. The van der Waals surface area contributed by atoms with E-state index in [-0.39, 0.29) is 0 Å². The molecular formula is C12H15N5O. The van der Waals surface area contributed by atoms with Crippen molar-refractivity contribution in [1.82, 2.24) is 10.3 Å². The molecule has 0 atom stereocenters. The lowest BCUT2D eigenvalue weighted by atomic mass is 10.1. The third kappa shape index (κ3) is 2.60. The predicted octanol–water partition coefficient (Wildman–Crippen LogP) is 0.897. The van der Waals surface area contributed by atoms with Crippen LogP contribution in [-0.2, 0) is 0 Å². The summed E-state index contributed by atoms with van der Waals surface area (Å²) in [7, 11) is 0. The minimum Gasteiger partial charge on any atom is -0.398 e. The van der Waals surface area contributed by atoms with Crippen LogP contribution in [0.2, 0.25) is 0 Å². The zero-order valence-corrected chi connectivity index (χ0v) is 9.81. The Bertz CT molecular complexity index is 569. The molecule has 0 aliphatic carbocycles. The van der Waals surface area contributed by atoms with Crippen molar-refractivity contribution in [2.75, 3.05) is 24.1 Å². The normalized spacial score (nSPS) is 10.2. The zero-order valence-electron chi connectivity index (χ0n) is 9.81. The molecule has 0 unspecified atom stereocenters. The summed E-state index contributed by atoms with van der Waals surface area (Å²) in [5, 5.41) is 6.60. The molecule has 6 N–H and O–H groups in total. The van der Waals surface area contributed by atoms with Crippen LogP contribution in [0, 0.1) is 0 Å². The standard InChI is InChI=1S/C12H15N5O/c13-9-3-4-10(15-6-7-17-12(14)18)11-8(9)2-1-5-16-11/h1-5,15H,6-7,13H2,(H3,14,17,18). The second-order valence-corrected chi connectivity index (χ2v) is 3.82. The highest BCUT2D eigenvalue weighted by Gasteiger charge is 2.04. The Kier molecular flexibility index (Phi) is 3.47. The highest BCUT2D eigenvalue weighted by Crippen LogP contribution is 2.25. The van der Waals surface area contributed by atoms with Crippen molar-refractivity contribution in [2.45, 2.75) is 0 Å². The monoisotopic (exact) mass is 245 g/mol. The van der Waals surface area contributed by atoms with Crippen LogP contribution in [-0.4, -0.2) is 24.1 Å². The molecule has 0 radical (unpaired) electrons. The number of aromatic nitrogens is 1. The Hall–Kier alpha value is -2.50. The Morgan fingerprint density at radius 3 is 2.89 bits per heavy atom. The van der Waals surface area contributed by atoms with E-state index in [1.165, 1.54) is 0 Å². The van der Waals surface area contributed by atoms with Gasteiger partial charge in [-0.1, -0.05) is 0 Å². The molecule has 1 heterocycles. The minimum atomic E-state index is -0.530. The van der Waals surface area contributed by atoms with Crippen LogP contribution in [0.5, 0.6) is 0 Å². The zero-order chi connectivity index (χ0) is 13.0. The second-order valence-electron chi connectivity index (χ2n) is 3.82. The van der Waals surface area contributed by atoms with Crippen molar-refractivity contribution >= 4 is 28.3 Å². The number of nitrogens with one attached hydrogen (secondary N) is 2. The number of nitrogens with two attached hydrogens (primary N) is 2. The number of rotatable bonds is 4. The summed E-state index contributed by atoms with van der Waals surface area (Å²) < 4.78 is 0. The van der Waals surface area contributed by atoms with E-state index in [2.05, 4.69) is 15.6 Å². The van der Waals surface area contributed by atoms with Gasteiger partial charge in [0.15, 0.2) is 0 Å². The van der Waals surface area contributed by atoms with E-state index in [0.29, 0.717) is 18.8 Å². The Morgan fingerprint density at radius 2 is 2.11 bits per heavy atom. The first-order chi connectivity index (χ1) is 8.68. The van der Waals surface area contributed by atoms with Gasteiger partial charge in [0.1, 0.15) is 0 Å². The highest BCUT2D eigenvalue weighted by molar-refractivity contribution is 5.98. The van der Waals surface area contributed by atoms with Crippen molar-refractivity contribution < 1.29 is 4.79 Å². The van der Waals surface area contributed by atoms with Crippen LogP contribution in [0.1, 0.15) is 0 Å². The predicted molar refractivity (Wildman–Crippen MR) is 72.2 cm³/mol. The maximum Gasteiger partial charge on any atom is 0.312 e. The molecule has 6 heteroatoms. The number of anilines is 2. The van der Waals surface area contributed by atoms with Gasteiger partial charge in [-0.3, -0.25) is 4.98 Å². The summed E-state index contributed by atoms with van der Waals surface area (Å²) >= 11 is 0. The molecule has 1 aromatic heterocycles. The number of fused-ring (bicyclic) bond motifs is 1. The molecule has 2 rings (SSSR count). The van der Waals surface area contributed by atoms with Crippen LogP contribution in [0.25, 0.3) is 10.9 Å². The fourth-order valence-corrected chi connectivity index (χ4v) is 1.72. The number of carbonyl (C=O) groups is 1. The van der Waals surface area contributed by atoms with E-state index in [1.54, 1.807) is 6.20 Å². The fraction of sp³-hybridized carbons (Fsp3) is 0.167. The molecule has 6 nitrogen and oxygen atoms in total. The SMILES string of the molecule is NC(=O)NCCNc1ccc(N)c2cccnc12. The summed E-state index contributed by atoms with van der Waals surface area (Å²) in [5.41, 5.74) is 13.2. The van der Waals surface area contributed by atoms with Crippen LogP contribution in [0.15, 0.2) is 30.5 Å². The summed E-state index contributed by atoms with van der Waals surface area (Å²) in [4.78, 5) is 14.8. The van der Waals surface area contributed by atoms with Gasteiger partial charge < -0.3 is 22.1 Å². The second kappa shape index (κ2) is 5.22. The first-order valence-electron chi connectivity index (χ1n) is 5.59. The fourth-order valence-electron chi connectivity index (χ4n) is 1.72. The van der Waals surface area contributed by atoms with Crippen LogP contribution in [0.4, 0.5) is 16.2 Å². The Labute approximate surface area is 104 Å². The molecular weight excluding hydrogens is 230 g/mol. The molecule has 0 saturated heterocycles. The summed E-state index contributed by atoms with van der Waals surface area (Å²) in [6, 6.07) is 6.93. The molecule has 0 aliphatic rings. The van der Waals surface area contributed by atoms with Gasteiger partial charge in [0.25, 0.3) is 0 Å². The lowest BCUT2D eigenvalue weighted by Gasteiger charge is -2.10. The molecule has 0 spiro atoms. The number of benzene rings is 1. The van der Waals surface area contributed by atoms with Gasteiger partial charge in [-0.05, 0) is 24.3 Å². The molecule has 2 aromatic rings. The third-order valence-electron chi connectivity index (χ3n) is 2.54. The molecule has 0 bridgehead atoms. The first-order valence-corrected chi connectivity index (χ1v) is 5.59. The van der Waals surface area contributed by atoms with Crippen molar-refractivity contribution in [2.24, 2.45) is 5.73 Å². The van der Waals surface area contributed by atoms with Gasteiger partial charge in [-0.2, -0.15) is 0 Å². The average Bonchev–Trinajstić information content (AvgIpc) is 2.37. The van der Waals surface area contributed by atoms with E-state index in [9.17, 15) is 4.79 Å². The molecule has 2 amide bonds. The number of nitrogen functional groups attached to an aromatic ring is 1. The highest BCUT2D eigenvalue weighted by atomic mass is 16.2. The number of pyridine rings is 1. The molecule has 18 heavy (non-hydrogen) atoms. The van der Waals surface area contributed by atoms with Gasteiger partial charge in [-0.15, -0.1) is 0 Å². The molecule has 1 aromatic carbocycles. The van der Waals surface area contributed by atoms with E-state index in [4.69, 9.17) is 11.5 Å². The van der Waals surface area contributed by atoms with E-state index >= 15 is 0 Å². The van der Waals surface area contributed by atoms with Crippen molar-refractivity contribution in [3.05, 3.63) is 30.5 Å². The van der Waals surface area contributed by atoms with Crippen LogP contribution in [0.3, 0.4) is 0 Å². The van der Waals surface area contributed by atoms with Crippen molar-refractivity contribution in [1.29, 1.82) is 0 Å². The maximum atomic E-state index is 10.5. The van der Waals surface area contributed by atoms with E-state index in [1.807, 2.05) is 24.3 Å². The van der Waals surface area contributed by atoms with Gasteiger partial charge in [-0.25, -0.2) is 4.79 Å². The van der Waals surface area contributed by atoms with Gasteiger partial charge in [0.2, 0.25) is 0 Å². The number of carbonyl (C=O) groups excluding carboxylic acids is 1. The number of urea groups is 1. The summed E-state index contributed by atoms with van der Waals surface area (Å²) in [6.07, 6.45) is 1.72. The molecule has 0 aliphatic heterocycles.